The van der Waals surface area contributed by atoms with Crippen LogP contribution in [0.1, 0.15) is 50.4 Å². The number of guanidine groups is 1. The van der Waals surface area contributed by atoms with Gasteiger partial charge in [0.05, 0.1) is 12.2 Å². The van der Waals surface area contributed by atoms with E-state index >= 15 is 0 Å². The second-order valence-electron chi connectivity index (χ2n) is 13.8. The maximum absolute atomic E-state index is 13.4. The molecule has 0 aliphatic carbocycles. The molecular weight excluding hydrogens is 807 g/mol. The Labute approximate surface area is 334 Å². The summed E-state index contributed by atoms with van der Waals surface area (Å²) in [5.74, 6) is -0.0989. The van der Waals surface area contributed by atoms with Crippen LogP contribution in [0.3, 0.4) is 0 Å². The first-order valence-electron chi connectivity index (χ1n) is 17.6. The van der Waals surface area contributed by atoms with E-state index in [9.17, 15) is 14.4 Å². The average Bonchev–Trinajstić information content (AvgIpc) is 3.18. The number of aliphatic imine (C=N–C) groups is 1. The molecule has 10 nitrogen and oxygen atoms in total. The van der Waals surface area contributed by atoms with Gasteiger partial charge in [0.25, 0.3) is 0 Å². The van der Waals surface area contributed by atoms with Gasteiger partial charge in [-0.1, -0.05) is 121 Å². The SMILES string of the molecule is CC(C)(OC(=O)NC(=Nc1ccc(C2NCC(=CI)OC2=O)cc1)NC(=O)OC(C)(C)c1ccc(-c2ccccc2)cc1)c1ccc(-c2ccccc2)cc1. The van der Waals surface area contributed by atoms with Crippen LogP contribution in [-0.2, 0) is 30.2 Å². The second kappa shape index (κ2) is 17.1. The Hall–Kier alpha value is -5.79. The molecule has 0 radical (unpaired) electrons. The lowest BCUT2D eigenvalue weighted by molar-refractivity contribution is -0.144. The van der Waals surface area contributed by atoms with E-state index < -0.39 is 35.4 Å². The summed E-state index contributed by atoms with van der Waals surface area (Å²) < 4.78 is 18.8. The fraction of sp³-hybridized carbons (Fsp3) is 0.182. The first-order valence-corrected chi connectivity index (χ1v) is 18.9. The van der Waals surface area contributed by atoms with Gasteiger partial charge in [0.15, 0.2) is 0 Å². The van der Waals surface area contributed by atoms with Crippen LogP contribution in [0.25, 0.3) is 22.3 Å². The molecular formula is C44H41IN4O6. The predicted octanol–water partition coefficient (Wildman–Crippen LogP) is 9.79. The zero-order valence-corrected chi connectivity index (χ0v) is 33.0. The highest BCUT2D eigenvalue weighted by Crippen LogP contribution is 2.30. The predicted molar refractivity (Wildman–Crippen MR) is 222 cm³/mol. The number of hydrogen-bond acceptors (Lipinski definition) is 8. The Balaban J connectivity index is 1.18. The van der Waals surface area contributed by atoms with Crippen LogP contribution in [0, 0.1) is 0 Å². The summed E-state index contributed by atoms with van der Waals surface area (Å²) in [6, 6.07) is 41.6. The molecule has 0 saturated carbocycles. The molecule has 5 aromatic rings. The number of cyclic esters (lactones) is 1. The standard InChI is InChI=1S/C44H41IN4O6/c1-43(2,34-21-15-31(16-22-34)29-11-7-5-8-12-29)54-41(51)48-40(47-36-25-19-33(20-26-36)38-39(50)53-37(27-45)28-46-38)49-42(52)55-44(3,4)35-23-17-32(18-24-35)30-13-9-6-10-14-30/h5-27,38,46H,28H2,1-4H3,(H2,47,48,49,51,52). The van der Waals surface area contributed by atoms with Gasteiger partial charge in [0, 0.05) is 4.08 Å². The summed E-state index contributed by atoms with van der Waals surface area (Å²) in [5, 5.41) is 8.34. The van der Waals surface area contributed by atoms with Gasteiger partial charge < -0.3 is 14.2 Å². The van der Waals surface area contributed by atoms with Gasteiger partial charge in [-0.15, -0.1) is 0 Å². The monoisotopic (exact) mass is 848 g/mol. The number of hydrogen-bond donors (Lipinski definition) is 3. The molecule has 1 aliphatic rings. The molecule has 55 heavy (non-hydrogen) atoms. The molecule has 0 bridgehead atoms. The maximum Gasteiger partial charge on any atom is 0.414 e. The minimum absolute atomic E-state index is 0.222. The van der Waals surface area contributed by atoms with Gasteiger partial charge >= 0.3 is 18.2 Å². The minimum Gasteiger partial charge on any atom is -0.438 e. The van der Waals surface area contributed by atoms with Crippen molar-refractivity contribution in [2.75, 3.05) is 6.54 Å². The van der Waals surface area contributed by atoms with Gasteiger partial charge in [0.2, 0.25) is 5.96 Å². The van der Waals surface area contributed by atoms with Crippen LogP contribution in [0.4, 0.5) is 15.3 Å². The van der Waals surface area contributed by atoms with E-state index in [-0.39, 0.29) is 5.96 Å². The summed E-state index contributed by atoms with van der Waals surface area (Å²) >= 11 is 2.02. The van der Waals surface area contributed by atoms with Crippen molar-refractivity contribution >= 4 is 52.4 Å². The van der Waals surface area contributed by atoms with E-state index in [1.807, 2.05) is 132 Å². The molecule has 5 aromatic carbocycles. The van der Waals surface area contributed by atoms with Crippen molar-refractivity contribution in [1.82, 2.24) is 16.0 Å². The first-order chi connectivity index (χ1) is 26.4. The zero-order chi connectivity index (χ0) is 39.0. The highest BCUT2D eigenvalue weighted by atomic mass is 127. The van der Waals surface area contributed by atoms with Crippen LogP contribution >= 0.6 is 22.6 Å². The van der Waals surface area contributed by atoms with Gasteiger partial charge in [0.1, 0.15) is 23.0 Å². The second-order valence-corrected chi connectivity index (χ2v) is 14.4. The number of benzene rings is 5. The number of amides is 2. The molecule has 6 rings (SSSR count). The van der Waals surface area contributed by atoms with E-state index in [0.717, 1.165) is 33.4 Å². The highest BCUT2D eigenvalue weighted by Gasteiger charge is 2.30. The number of nitrogens with one attached hydrogen (secondary N) is 3. The first kappa shape index (κ1) is 38.9. The number of carbonyl (C=O) groups excluding carboxylic acids is 3. The Morgan fingerprint density at radius 3 is 1.55 bits per heavy atom. The molecule has 2 amide bonds. The fourth-order valence-electron chi connectivity index (χ4n) is 6.00. The normalized spacial score (nSPS) is 15.0. The molecule has 1 atom stereocenters. The molecule has 1 unspecified atom stereocenters. The van der Waals surface area contributed by atoms with E-state index in [1.165, 1.54) is 0 Å². The third-order valence-corrected chi connectivity index (χ3v) is 9.74. The lowest BCUT2D eigenvalue weighted by Gasteiger charge is -2.27. The molecule has 280 valence electrons. The Bertz CT molecular complexity index is 2070. The average molecular weight is 849 g/mol. The molecule has 1 saturated heterocycles. The Morgan fingerprint density at radius 1 is 0.691 bits per heavy atom. The smallest absolute Gasteiger partial charge is 0.414 e. The third kappa shape index (κ3) is 10.0. The van der Waals surface area contributed by atoms with Gasteiger partial charge in [-0.3, -0.25) is 16.0 Å². The van der Waals surface area contributed by atoms with Crippen LogP contribution in [-0.4, -0.2) is 30.7 Å². The summed E-state index contributed by atoms with van der Waals surface area (Å²) in [6.45, 7) is 7.50. The molecule has 1 aliphatic heterocycles. The molecule has 0 aromatic heterocycles. The summed E-state index contributed by atoms with van der Waals surface area (Å²) in [5.41, 5.74) is 4.68. The van der Waals surface area contributed by atoms with Crippen LogP contribution < -0.4 is 16.0 Å². The van der Waals surface area contributed by atoms with Crippen molar-refractivity contribution in [3.8, 4) is 22.3 Å². The van der Waals surface area contributed by atoms with Gasteiger partial charge in [-0.05, 0) is 101 Å². The minimum atomic E-state index is -1.05. The number of nitrogens with zero attached hydrogens (tertiary/aromatic N) is 1. The fourth-order valence-corrected chi connectivity index (χ4v) is 6.34. The lowest BCUT2D eigenvalue weighted by Crippen LogP contribution is -2.47. The topological polar surface area (TPSA) is 127 Å². The van der Waals surface area contributed by atoms with Crippen molar-refractivity contribution in [1.29, 1.82) is 0 Å². The summed E-state index contributed by atoms with van der Waals surface area (Å²) in [4.78, 5) is 44.0. The van der Waals surface area contributed by atoms with E-state index in [2.05, 4.69) is 20.9 Å². The molecule has 11 heteroatoms. The van der Waals surface area contributed by atoms with E-state index in [4.69, 9.17) is 14.2 Å². The zero-order valence-electron chi connectivity index (χ0n) is 30.8. The van der Waals surface area contributed by atoms with Crippen molar-refractivity contribution in [3.05, 3.63) is 160 Å². The lowest BCUT2D eigenvalue weighted by atomic mass is 9.95. The Kier molecular flexibility index (Phi) is 12.1. The van der Waals surface area contributed by atoms with Crippen LogP contribution in [0.5, 0.6) is 0 Å². The van der Waals surface area contributed by atoms with Crippen LogP contribution in [0.2, 0.25) is 0 Å². The highest BCUT2D eigenvalue weighted by molar-refractivity contribution is 14.1. The van der Waals surface area contributed by atoms with Crippen molar-refractivity contribution in [3.63, 3.8) is 0 Å². The summed E-state index contributed by atoms with van der Waals surface area (Å²) in [7, 11) is 0. The van der Waals surface area contributed by atoms with Gasteiger partial charge in [-0.25, -0.2) is 19.4 Å². The third-order valence-electron chi connectivity index (χ3n) is 9.05. The number of morpholine rings is 1. The maximum atomic E-state index is 13.4. The number of ether oxygens (including phenoxy) is 3. The number of esters is 1. The Morgan fingerprint density at radius 2 is 1.13 bits per heavy atom. The quantitative estimate of drug-likeness (QED) is 0.0467. The van der Waals surface area contributed by atoms with E-state index in [0.29, 0.717) is 23.6 Å². The van der Waals surface area contributed by atoms with E-state index in [1.54, 1.807) is 56.0 Å². The number of alkyl carbamates (subject to hydrolysis) is 2. The van der Waals surface area contributed by atoms with Crippen molar-refractivity contribution in [2.24, 2.45) is 4.99 Å². The van der Waals surface area contributed by atoms with Crippen LogP contribution in [0.15, 0.2) is 148 Å². The molecule has 1 heterocycles. The number of carbonyl (C=O) groups is 3. The molecule has 0 spiro atoms. The summed E-state index contributed by atoms with van der Waals surface area (Å²) in [6.07, 6.45) is -1.70. The molecule has 1 fully saturated rings. The van der Waals surface area contributed by atoms with Gasteiger partial charge in [-0.2, -0.15) is 0 Å². The number of halogens is 1. The molecule has 3 N–H and O–H groups in total. The van der Waals surface area contributed by atoms with Crippen molar-refractivity contribution < 1.29 is 28.6 Å². The number of rotatable bonds is 8. The largest absolute Gasteiger partial charge is 0.438 e. The van der Waals surface area contributed by atoms with Crippen molar-refractivity contribution in [2.45, 2.75) is 44.9 Å².